The Bertz CT molecular complexity index is 916. The standard InChI is InChI=1S/C22H25N3O3/c1-15-4-6-20(26)19(25-15)13-24-16(2)18-5-7-21(22(12-18)27-3)28-14-17-8-10-23-11-9-17/h4-12,16,24,26H,13-14H2,1-3H3. The summed E-state index contributed by atoms with van der Waals surface area (Å²) in [5.41, 5.74) is 3.61. The van der Waals surface area contributed by atoms with Crippen molar-refractivity contribution in [2.24, 2.45) is 0 Å². The molecule has 0 bridgehead atoms. The van der Waals surface area contributed by atoms with Gasteiger partial charge in [-0.1, -0.05) is 6.07 Å². The lowest BCUT2D eigenvalue weighted by Gasteiger charge is -2.17. The third kappa shape index (κ3) is 4.98. The minimum absolute atomic E-state index is 0.0462. The molecule has 0 saturated heterocycles. The Balaban J connectivity index is 1.65. The predicted molar refractivity (Wildman–Crippen MR) is 107 cm³/mol. The van der Waals surface area contributed by atoms with E-state index in [4.69, 9.17) is 9.47 Å². The summed E-state index contributed by atoms with van der Waals surface area (Å²) in [7, 11) is 1.63. The molecule has 1 aromatic carbocycles. The Morgan fingerprint density at radius 2 is 1.86 bits per heavy atom. The molecule has 0 aliphatic rings. The zero-order chi connectivity index (χ0) is 19.9. The molecule has 0 fully saturated rings. The monoisotopic (exact) mass is 379 g/mol. The Morgan fingerprint density at radius 1 is 1.07 bits per heavy atom. The first kappa shape index (κ1) is 19.6. The van der Waals surface area contributed by atoms with E-state index in [0.717, 1.165) is 16.8 Å². The van der Waals surface area contributed by atoms with Gasteiger partial charge in [-0.05, 0) is 61.4 Å². The lowest BCUT2D eigenvalue weighted by atomic mass is 10.1. The van der Waals surface area contributed by atoms with Gasteiger partial charge in [-0.3, -0.25) is 9.97 Å². The predicted octanol–water partition coefficient (Wildman–Crippen LogP) is 3.93. The van der Waals surface area contributed by atoms with Crippen molar-refractivity contribution in [3.8, 4) is 17.2 Å². The number of nitrogens with zero attached hydrogens (tertiary/aromatic N) is 2. The molecule has 146 valence electrons. The average molecular weight is 379 g/mol. The van der Waals surface area contributed by atoms with Crippen molar-refractivity contribution in [3.05, 3.63) is 77.4 Å². The molecule has 28 heavy (non-hydrogen) atoms. The molecule has 2 heterocycles. The first-order valence-electron chi connectivity index (χ1n) is 9.15. The summed E-state index contributed by atoms with van der Waals surface area (Å²) in [6.07, 6.45) is 3.49. The smallest absolute Gasteiger partial charge is 0.161 e. The quantitative estimate of drug-likeness (QED) is 0.618. The van der Waals surface area contributed by atoms with Gasteiger partial charge >= 0.3 is 0 Å². The molecule has 0 spiro atoms. The van der Waals surface area contributed by atoms with Gasteiger partial charge in [0.25, 0.3) is 0 Å². The van der Waals surface area contributed by atoms with E-state index in [2.05, 4.69) is 22.2 Å². The second-order valence-electron chi connectivity index (χ2n) is 6.58. The number of nitrogens with one attached hydrogen (secondary N) is 1. The van der Waals surface area contributed by atoms with E-state index in [0.29, 0.717) is 30.3 Å². The maximum absolute atomic E-state index is 9.95. The average Bonchev–Trinajstić information content (AvgIpc) is 2.73. The van der Waals surface area contributed by atoms with Crippen LogP contribution >= 0.6 is 0 Å². The summed E-state index contributed by atoms with van der Waals surface area (Å²) in [5.74, 6) is 1.56. The Labute approximate surface area is 165 Å². The van der Waals surface area contributed by atoms with Crippen LogP contribution in [0.5, 0.6) is 17.2 Å². The van der Waals surface area contributed by atoms with Crippen LogP contribution in [-0.2, 0) is 13.2 Å². The van der Waals surface area contributed by atoms with E-state index in [-0.39, 0.29) is 11.8 Å². The largest absolute Gasteiger partial charge is 0.506 e. The van der Waals surface area contributed by atoms with E-state index in [9.17, 15) is 5.11 Å². The minimum Gasteiger partial charge on any atom is -0.506 e. The molecule has 3 rings (SSSR count). The van der Waals surface area contributed by atoms with Gasteiger partial charge in [-0.15, -0.1) is 0 Å². The normalized spacial score (nSPS) is 11.8. The van der Waals surface area contributed by atoms with Gasteiger partial charge in [0.05, 0.1) is 12.8 Å². The maximum atomic E-state index is 9.95. The van der Waals surface area contributed by atoms with Crippen molar-refractivity contribution in [1.82, 2.24) is 15.3 Å². The lowest BCUT2D eigenvalue weighted by molar-refractivity contribution is 0.284. The van der Waals surface area contributed by atoms with Gasteiger partial charge in [0.15, 0.2) is 11.5 Å². The van der Waals surface area contributed by atoms with Gasteiger partial charge < -0.3 is 19.9 Å². The Kier molecular flexibility index (Phi) is 6.45. The number of hydrogen-bond acceptors (Lipinski definition) is 6. The van der Waals surface area contributed by atoms with Gasteiger partial charge in [0.1, 0.15) is 12.4 Å². The van der Waals surface area contributed by atoms with Crippen molar-refractivity contribution in [3.63, 3.8) is 0 Å². The van der Waals surface area contributed by atoms with Gasteiger partial charge in [0, 0.05) is 30.7 Å². The SMILES string of the molecule is COc1cc(C(C)NCc2nc(C)ccc2O)ccc1OCc1ccncc1. The fourth-order valence-electron chi connectivity index (χ4n) is 2.81. The number of aromatic hydroxyl groups is 1. The van der Waals surface area contributed by atoms with Crippen molar-refractivity contribution in [1.29, 1.82) is 0 Å². The van der Waals surface area contributed by atoms with Crippen LogP contribution in [0.2, 0.25) is 0 Å². The van der Waals surface area contributed by atoms with E-state index < -0.39 is 0 Å². The molecule has 6 nitrogen and oxygen atoms in total. The van der Waals surface area contributed by atoms with Crippen LogP contribution in [0.15, 0.2) is 54.9 Å². The lowest BCUT2D eigenvalue weighted by Crippen LogP contribution is -2.19. The summed E-state index contributed by atoms with van der Waals surface area (Å²) in [5, 5.41) is 13.3. The van der Waals surface area contributed by atoms with Gasteiger partial charge in [-0.25, -0.2) is 0 Å². The molecule has 0 aliphatic heterocycles. The summed E-state index contributed by atoms with van der Waals surface area (Å²) >= 11 is 0. The molecule has 0 amide bonds. The van der Waals surface area contributed by atoms with Crippen LogP contribution in [0.1, 0.15) is 35.5 Å². The minimum atomic E-state index is 0.0462. The fourth-order valence-corrected chi connectivity index (χ4v) is 2.81. The number of methoxy groups -OCH3 is 1. The van der Waals surface area contributed by atoms with Crippen LogP contribution in [0.4, 0.5) is 0 Å². The molecule has 0 aliphatic carbocycles. The van der Waals surface area contributed by atoms with Crippen LogP contribution in [0, 0.1) is 6.92 Å². The Morgan fingerprint density at radius 3 is 2.61 bits per heavy atom. The van der Waals surface area contributed by atoms with Crippen molar-refractivity contribution < 1.29 is 14.6 Å². The van der Waals surface area contributed by atoms with Crippen LogP contribution in [-0.4, -0.2) is 22.2 Å². The molecule has 2 aromatic heterocycles. The first-order chi connectivity index (χ1) is 13.6. The van der Waals surface area contributed by atoms with Gasteiger partial charge in [0.2, 0.25) is 0 Å². The van der Waals surface area contributed by atoms with E-state index in [1.54, 1.807) is 31.6 Å². The third-order valence-electron chi connectivity index (χ3n) is 4.50. The zero-order valence-electron chi connectivity index (χ0n) is 16.3. The molecular weight excluding hydrogens is 354 g/mol. The maximum Gasteiger partial charge on any atom is 0.161 e. The second kappa shape index (κ2) is 9.19. The van der Waals surface area contributed by atoms with E-state index in [1.165, 1.54) is 0 Å². The van der Waals surface area contributed by atoms with Crippen LogP contribution in [0.25, 0.3) is 0 Å². The number of ether oxygens (including phenoxy) is 2. The molecule has 0 radical (unpaired) electrons. The highest BCUT2D eigenvalue weighted by atomic mass is 16.5. The molecule has 1 unspecified atom stereocenters. The summed E-state index contributed by atoms with van der Waals surface area (Å²) in [4.78, 5) is 8.38. The highest BCUT2D eigenvalue weighted by molar-refractivity contribution is 5.44. The van der Waals surface area contributed by atoms with Gasteiger partial charge in [-0.2, -0.15) is 0 Å². The molecule has 6 heteroatoms. The summed E-state index contributed by atoms with van der Waals surface area (Å²) < 4.78 is 11.4. The molecule has 2 N–H and O–H groups in total. The van der Waals surface area contributed by atoms with Crippen molar-refractivity contribution in [2.75, 3.05) is 7.11 Å². The molecule has 3 aromatic rings. The second-order valence-corrected chi connectivity index (χ2v) is 6.58. The number of aryl methyl sites for hydroxylation is 1. The number of hydrogen-bond donors (Lipinski definition) is 2. The molecule has 1 atom stereocenters. The number of aromatic nitrogens is 2. The highest BCUT2D eigenvalue weighted by Gasteiger charge is 2.12. The van der Waals surface area contributed by atoms with Crippen molar-refractivity contribution in [2.45, 2.75) is 33.0 Å². The summed E-state index contributed by atoms with van der Waals surface area (Å²) in [6.45, 7) is 4.88. The number of rotatable bonds is 8. The first-order valence-corrected chi connectivity index (χ1v) is 9.15. The van der Waals surface area contributed by atoms with E-state index in [1.807, 2.05) is 37.3 Å². The van der Waals surface area contributed by atoms with E-state index >= 15 is 0 Å². The topological polar surface area (TPSA) is 76.5 Å². The van der Waals surface area contributed by atoms with Crippen molar-refractivity contribution >= 4 is 0 Å². The molecule has 0 saturated carbocycles. The third-order valence-corrected chi connectivity index (χ3v) is 4.50. The highest BCUT2D eigenvalue weighted by Crippen LogP contribution is 2.31. The fraction of sp³-hybridized carbons (Fsp3) is 0.273. The molecular formula is C22H25N3O3. The zero-order valence-corrected chi connectivity index (χ0v) is 16.3. The van der Waals surface area contributed by atoms with Crippen LogP contribution in [0.3, 0.4) is 0 Å². The Hall–Kier alpha value is -3.12. The van der Waals surface area contributed by atoms with Crippen LogP contribution < -0.4 is 14.8 Å². The number of pyridine rings is 2. The summed E-state index contributed by atoms with van der Waals surface area (Å²) in [6, 6.07) is 13.2. The number of benzene rings is 1.